The zero-order valence-corrected chi connectivity index (χ0v) is 12.6. The molecule has 2 rings (SSSR count). The molecule has 0 bridgehead atoms. The molecule has 0 saturated carbocycles. The van der Waals surface area contributed by atoms with E-state index >= 15 is 0 Å². The highest BCUT2D eigenvalue weighted by atomic mass is 16.5. The van der Waals surface area contributed by atoms with Crippen LogP contribution < -0.4 is 10.6 Å². The van der Waals surface area contributed by atoms with Crippen LogP contribution >= 0.6 is 0 Å². The van der Waals surface area contributed by atoms with Gasteiger partial charge in [0.25, 0.3) is 0 Å². The zero-order chi connectivity index (χ0) is 15.6. The van der Waals surface area contributed by atoms with E-state index in [1.165, 1.54) is 5.56 Å². The molecule has 0 radical (unpaired) electrons. The van der Waals surface area contributed by atoms with Gasteiger partial charge in [-0.05, 0) is 37.5 Å². The maximum absolute atomic E-state index is 11.2. The Balaban J connectivity index is 1.71. The predicted molar refractivity (Wildman–Crippen MR) is 85.9 cm³/mol. The third-order valence-electron chi connectivity index (χ3n) is 2.96. The Morgan fingerprint density at radius 3 is 2.50 bits per heavy atom. The Morgan fingerprint density at radius 2 is 1.82 bits per heavy atom. The first kappa shape index (κ1) is 15.8. The molecule has 0 unspecified atom stereocenters. The number of anilines is 2. The lowest BCUT2D eigenvalue weighted by Crippen LogP contribution is -2.15. The van der Waals surface area contributed by atoms with Crippen LogP contribution in [0.15, 0.2) is 42.5 Å². The lowest BCUT2D eigenvalue weighted by molar-refractivity contribution is 0.168. The van der Waals surface area contributed by atoms with Crippen LogP contribution in [0.4, 0.5) is 16.4 Å². The van der Waals surface area contributed by atoms with Gasteiger partial charge in [-0.2, -0.15) is 0 Å². The molecule has 1 aromatic carbocycles. The third kappa shape index (κ3) is 5.40. The van der Waals surface area contributed by atoms with E-state index in [9.17, 15) is 4.79 Å². The lowest BCUT2D eigenvalue weighted by Gasteiger charge is -2.06. The van der Waals surface area contributed by atoms with E-state index in [4.69, 9.17) is 4.74 Å². The molecular formula is C16H20N4O2. The fourth-order valence-corrected chi connectivity index (χ4v) is 1.92. The molecule has 0 aliphatic carbocycles. The average Bonchev–Trinajstić information content (AvgIpc) is 2.54. The smallest absolute Gasteiger partial charge is 0.412 e. The Morgan fingerprint density at radius 1 is 1.09 bits per heavy atom. The monoisotopic (exact) mass is 300 g/mol. The zero-order valence-electron chi connectivity index (χ0n) is 12.6. The van der Waals surface area contributed by atoms with Crippen LogP contribution in [0.3, 0.4) is 0 Å². The molecule has 2 aromatic rings. The van der Waals surface area contributed by atoms with Gasteiger partial charge in [0.05, 0.1) is 6.61 Å². The third-order valence-corrected chi connectivity index (χ3v) is 2.96. The summed E-state index contributed by atoms with van der Waals surface area (Å²) in [5, 5.41) is 13.6. The fraction of sp³-hybridized carbons (Fsp3) is 0.312. The molecule has 1 amide bonds. The van der Waals surface area contributed by atoms with Crippen molar-refractivity contribution in [2.45, 2.75) is 19.8 Å². The largest absolute Gasteiger partial charge is 0.450 e. The summed E-state index contributed by atoms with van der Waals surface area (Å²) >= 11 is 0. The highest BCUT2D eigenvalue weighted by Crippen LogP contribution is 2.07. The van der Waals surface area contributed by atoms with Crippen molar-refractivity contribution in [3.63, 3.8) is 0 Å². The molecule has 22 heavy (non-hydrogen) atoms. The van der Waals surface area contributed by atoms with Gasteiger partial charge in [0.15, 0.2) is 5.82 Å². The maximum atomic E-state index is 11.2. The summed E-state index contributed by atoms with van der Waals surface area (Å²) in [6.45, 7) is 2.88. The lowest BCUT2D eigenvalue weighted by atomic mass is 10.1. The minimum atomic E-state index is -0.527. The van der Waals surface area contributed by atoms with Gasteiger partial charge in [-0.15, -0.1) is 10.2 Å². The maximum Gasteiger partial charge on any atom is 0.412 e. The number of nitrogens with zero attached hydrogens (tertiary/aromatic N) is 2. The first-order chi connectivity index (χ1) is 10.8. The first-order valence-electron chi connectivity index (χ1n) is 7.33. The van der Waals surface area contributed by atoms with Gasteiger partial charge in [0.1, 0.15) is 5.82 Å². The molecule has 0 saturated heterocycles. The van der Waals surface area contributed by atoms with E-state index in [1.807, 2.05) is 18.2 Å². The highest BCUT2D eigenvalue weighted by Gasteiger charge is 2.03. The second-order valence-corrected chi connectivity index (χ2v) is 4.67. The summed E-state index contributed by atoms with van der Waals surface area (Å²) in [5.41, 5.74) is 1.32. The summed E-state index contributed by atoms with van der Waals surface area (Å²) in [6.07, 6.45) is 1.50. The molecule has 0 aliphatic rings. The van der Waals surface area contributed by atoms with Crippen LogP contribution in [0.2, 0.25) is 0 Å². The van der Waals surface area contributed by atoms with Crippen LogP contribution in [0, 0.1) is 0 Å². The Bertz CT molecular complexity index is 572. The Kier molecular flexibility index (Phi) is 6.17. The number of carbonyl (C=O) groups is 1. The number of hydrogen-bond donors (Lipinski definition) is 2. The van der Waals surface area contributed by atoms with Crippen LogP contribution in [0.1, 0.15) is 18.9 Å². The summed E-state index contributed by atoms with van der Waals surface area (Å²) < 4.78 is 4.76. The molecule has 2 N–H and O–H groups in total. The second-order valence-electron chi connectivity index (χ2n) is 4.67. The molecule has 116 valence electrons. The summed E-state index contributed by atoms with van der Waals surface area (Å²) in [7, 11) is 0. The van der Waals surface area contributed by atoms with E-state index < -0.39 is 6.09 Å². The molecule has 6 heteroatoms. The van der Waals surface area contributed by atoms with E-state index in [1.54, 1.807) is 19.1 Å². The van der Waals surface area contributed by atoms with Gasteiger partial charge >= 0.3 is 6.09 Å². The number of ether oxygens (including phenoxy) is 1. The summed E-state index contributed by atoms with van der Waals surface area (Å²) in [5.74, 6) is 1.05. The minimum absolute atomic E-state index is 0.320. The molecule has 0 spiro atoms. The van der Waals surface area contributed by atoms with E-state index in [0.717, 1.165) is 19.4 Å². The van der Waals surface area contributed by atoms with Crippen molar-refractivity contribution in [2.75, 3.05) is 23.8 Å². The van der Waals surface area contributed by atoms with Gasteiger partial charge in [-0.3, -0.25) is 5.32 Å². The molecule has 6 nitrogen and oxygen atoms in total. The van der Waals surface area contributed by atoms with Crippen LogP contribution in [0.25, 0.3) is 0 Å². The molecule has 1 heterocycles. The van der Waals surface area contributed by atoms with Gasteiger partial charge in [-0.1, -0.05) is 30.3 Å². The number of benzene rings is 1. The van der Waals surface area contributed by atoms with E-state index in [0.29, 0.717) is 18.2 Å². The molecule has 0 atom stereocenters. The molecular weight excluding hydrogens is 280 g/mol. The normalized spacial score (nSPS) is 10.0. The van der Waals surface area contributed by atoms with Crippen LogP contribution in [-0.4, -0.2) is 29.4 Å². The number of aromatic nitrogens is 2. The number of amides is 1. The van der Waals surface area contributed by atoms with Gasteiger partial charge < -0.3 is 10.1 Å². The topological polar surface area (TPSA) is 76.1 Å². The second kappa shape index (κ2) is 8.61. The SMILES string of the molecule is CCOC(=O)Nc1ccc(NCCCc2ccccc2)nn1. The number of carbonyl (C=O) groups excluding carboxylic acids is 1. The molecule has 0 fully saturated rings. The Hall–Kier alpha value is -2.63. The fourth-order valence-electron chi connectivity index (χ4n) is 1.92. The van der Waals surface area contributed by atoms with Gasteiger partial charge in [0, 0.05) is 6.54 Å². The van der Waals surface area contributed by atoms with Gasteiger partial charge in [0.2, 0.25) is 0 Å². The first-order valence-corrected chi connectivity index (χ1v) is 7.33. The highest BCUT2D eigenvalue weighted by molar-refractivity contribution is 5.83. The molecule has 1 aromatic heterocycles. The molecule has 0 aliphatic heterocycles. The van der Waals surface area contributed by atoms with E-state index in [-0.39, 0.29) is 0 Å². The van der Waals surface area contributed by atoms with Crippen molar-refractivity contribution in [1.29, 1.82) is 0 Å². The number of nitrogens with one attached hydrogen (secondary N) is 2. The van der Waals surface area contributed by atoms with E-state index in [2.05, 4.69) is 33.0 Å². The predicted octanol–water partition coefficient (Wildman–Crippen LogP) is 3.09. The number of aryl methyl sites for hydroxylation is 1. The van der Waals surface area contributed by atoms with Crippen LogP contribution in [-0.2, 0) is 11.2 Å². The standard InChI is InChI=1S/C16H20N4O2/c1-2-22-16(21)18-15-11-10-14(19-20-15)17-12-6-9-13-7-4-3-5-8-13/h3-5,7-8,10-11H,2,6,9,12H2,1H3,(H,17,19)(H,18,20,21). The number of rotatable bonds is 7. The van der Waals surface area contributed by atoms with Crippen molar-refractivity contribution in [3.8, 4) is 0 Å². The van der Waals surface area contributed by atoms with Crippen molar-refractivity contribution < 1.29 is 9.53 Å². The Labute approximate surface area is 129 Å². The van der Waals surface area contributed by atoms with Crippen LogP contribution in [0.5, 0.6) is 0 Å². The summed E-state index contributed by atoms with van der Waals surface area (Å²) in [6, 6.07) is 13.8. The van der Waals surface area contributed by atoms with Gasteiger partial charge in [-0.25, -0.2) is 4.79 Å². The average molecular weight is 300 g/mol. The minimum Gasteiger partial charge on any atom is -0.450 e. The van der Waals surface area contributed by atoms with Crippen molar-refractivity contribution in [3.05, 3.63) is 48.0 Å². The van der Waals surface area contributed by atoms with Crippen molar-refractivity contribution in [1.82, 2.24) is 10.2 Å². The van der Waals surface area contributed by atoms with Crippen molar-refractivity contribution >= 4 is 17.7 Å². The quantitative estimate of drug-likeness (QED) is 0.768. The number of hydrogen-bond acceptors (Lipinski definition) is 5. The van der Waals surface area contributed by atoms with Crippen molar-refractivity contribution in [2.24, 2.45) is 0 Å². The summed E-state index contributed by atoms with van der Waals surface area (Å²) in [4.78, 5) is 11.2.